The van der Waals surface area contributed by atoms with Crippen LogP contribution in [0.25, 0.3) is 0 Å². The second-order valence-corrected chi connectivity index (χ2v) is 4.07. The van der Waals surface area contributed by atoms with Crippen molar-refractivity contribution in [2.45, 2.75) is 26.3 Å². The van der Waals surface area contributed by atoms with Crippen molar-refractivity contribution >= 4 is 11.6 Å². The van der Waals surface area contributed by atoms with Gasteiger partial charge < -0.3 is 15.9 Å². The highest BCUT2D eigenvalue weighted by molar-refractivity contribution is 6.33. The average molecular weight is 230 g/mol. The minimum absolute atomic E-state index is 0.0398. The van der Waals surface area contributed by atoms with Gasteiger partial charge in [-0.15, -0.1) is 0 Å². The van der Waals surface area contributed by atoms with E-state index < -0.39 is 0 Å². The number of halogens is 1. The zero-order chi connectivity index (χ0) is 11.6. The molecule has 0 spiro atoms. The summed E-state index contributed by atoms with van der Waals surface area (Å²) in [4.78, 5) is 0. The van der Waals surface area contributed by atoms with Gasteiger partial charge in [-0.2, -0.15) is 0 Å². The molecule has 0 aromatic heterocycles. The number of hydrogen-bond acceptors (Lipinski definition) is 3. The van der Waals surface area contributed by atoms with Crippen LogP contribution in [0, 0.1) is 13.8 Å². The van der Waals surface area contributed by atoms with Crippen molar-refractivity contribution in [3.05, 3.63) is 27.8 Å². The maximum atomic E-state index is 9.60. The fourth-order valence-electron chi connectivity index (χ4n) is 1.57. The first kappa shape index (κ1) is 12.3. The Morgan fingerprint density at radius 2 is 2.07 bits per heavy atom. The molecule has 0 bridgehead atoms. The van der Waals surface area contributed by atoms with Crippen molar-refractivity contribution in [2.75, 3.05) is 6.61 Å². The second-order valence-electron chi connectivity index (χ2n) is 3.69. The topological polar surface area (TPSA) is 66.5 Å². The number of aliphatic hydroxyl groups is 1. The number of aliphatic hydroxyl groups excluding tert-OH is 1. The minimum Gasteiger partial charge on any atom is -0.506 e. The molecule has 1 aromatic rings. The summed E-state index contributed by atoms with van der Waals surface area (Å²) in [6.45, 7) is 3.63. The van der Waals surface area contributed by atoms with E-state index in [1.54, 1.807) is 6.92 Å². The average Bonchev–Trinajstić information content (AvgIpc) is 2.20. The van der Waals surface area contributed by atoms with E-state index in [0.29, 0.717) is 17.0 Å². The molecule has 3 nitrogen and oxygen atoms in total. The fourth-order valence-corrected chi connectivity index (χ4v) is 1.83. The molecule has 4 N–H and O–H groups in total. The third kappa shape index (κ3) is 2.43. The maximum absolute atomic E-state index is 9.60. The van der Waals surface area contributed by atoms with E-state index in [2.05, 4.69) is 0 Å². The van der Waals surface area contributed by atoms with Crippen LogP contribution in [-0.4, -0.2) is 16.8 Å². The summed E-state index contributed by atoms with van der Waals surface area (Å²) >= 11 is 5.96. The van der Waals surface area contributed by atoms with E-state index in [-0.39, 0.29) is 18.4 Å². The summed E-state index contributed by atoms with van der Waals surface area (Å²) in [6, 6.07) is 1.57. The van der Waals surface area contributed by atoms with E-state index in [1.165, 1.54) is 0 Å². The molecule has 0 aliphatic carbocycles. The monoisotopic (exact) mass is 229 g/mol. The Morgan fingerprint density at radius 3 is 2.60 bits per heavy atom. The molecular formula is C11H16ClNO2. The molecule has 0 heterocycles. The Balaban J connectivity index is 3.19. The number of benzene rings is 1. The van der Waals surface area contributed by atoms with E-state index in [1.807, 2.05) is 13.0 Å². The molecule has 1 unspecified atom stereocenters. The van der Waals surface area contributed by atoms with Gasteiger partial charge in [-0.3, -0.25) is 0 Å². The van der Waals surface area contributed by atoms with Gasteiger partial charge in [0.2, 0.25) is 0 Å². The number of nitrogens with two attached hydrogens (primary N) is 1. The van der Waals surface area contributed by atoms with Crippen LogP contribution < -0.4 is 5.73 Å². The lowest BCUT2D eigenvalue weighted by Gasteiger charge is -2.16. The molecule has 1 atom stereocenters. The van der Waals surface area contributed by atoms with E-state index in [4.69, 9.17) is 22.4 Å². The van der Waals surface area contributed by atoms with Gasteiger partial charge in [0.05, 0.1) is 5.02 Å². The number of phenols is 1. The predicted molar refractivity (Wildman–Crippen MR) is 61.2 cm³/mol. The van der Waals surface area contributed by atoms with Gasteiger partial charge in [0.1, 0.15) is 5.75 Å². The molecule has 0 saturated carbocycles. The normalized spacial score (nSPS) is 12.9. The van der Waals surface area contributed by atoms with E-state index in [9.17, 15) is 5.11 Å². The Morgan fingerprint density at radius 1 is 1.47 bits per heavy atom. The Kier molecular flexibility index (Phi) is 3.97. The number of rotatable bonds is 3. The molecule has 84 valence electrons. The first-order valence-corrected chi connectivity index (χ1v) is 5.21. The van der Waals surface area contributed by atoms with Crippen molar-refractivity contribution in [1.29, 1.82) is 0 Å². The highest BCUT2D eigenvalue weighted by Crippen LogP contribution is 2.35. The quantitative estimate of drug-likeness (QED) is 0.743. The predicted octanol–water partition coefficient (Wildman–Crippen LogP) is 2.04. The van der Waals surface area contributed by atoms with Crippen LogP contribution >= 0.6 is 11.6 Å². The molecule has 0 amide bonds. The Labute approximate surface area is 94.5 Å². The molecule has 0 radical (unpaired) electrons. The molecule has 0 aliphatic rings. The van der Waals surface area contributed by atoms with Crippen LogP contribution in [0.5, 0.6) is 5.75 Å². The van der Waals surface area contributed by atoms with Gasteiger partial charge >= 0.3 is 0 Å². The molecule has 15 heavy (non-hydrogen) atoms. The van der Waals surface area contributed by atoms with Crippen LogP contribution in [0.4, 0.5) is 0 Å². The highest BCUT2D eigenvalue weighted by atomic mass is 35.5. The van der Waals surface area contributed by atoms with Crippen molar-refractivity contribution in [2.24, 2.45) is 5.73 Å². The summed E-state index contributed by atoms with van der Waals surface area (Å²) in [5.41, 5.74) is 8.25. The molecule has 0 saturated heterocycles. The molecule has 1 aromatic carbocycles. The minimum atomic E-state index is -0.244. The number of phenolic OH excluding ortho intramolecular Hbond substituents is 1. The van der Waals surface area contributed by atoms with E-state index in [0.717, 1.165) is 11.1 Å². The summed E-state index contributed by atoms with van der Waals surface area (Å²) < 4.78 is 0. The smallest absolute Gasteiger partial charge is 0.137 e. The SMILES string of the molecule is Cc1cc(C(N)CCO)c(C)c(Cl)c1O. The third-order valence-electron chi connectivity index (χ3n) is 2.56. The van der Waals surface area contributed by atoms with Gasteiger partial charge in [-0.05, 0) is 37.0 Å². The molecule has 0 fully saturated rings. The van der Waals surface area contributed by atoms with E-state index >= 15 is 0 Å². The maximum Gasteiger partial charge on any atom is 0.137 e. The highest BCUT2D eigenvalue weighted by Gasteiger charge is 2.15. The first-order valence-electron chi connectivity index (χ1n) is 4.84. The lowest BCUT2D eigenvalue weighted by atomic mass is 9.97. The molecule has 0 aliphatic heterocycles. The zero-order valence-corrected chi connectivity index (χ0v) is 9.67. The van der Waals surface area contributed by atoms with Gasteiger partial charge in [0, 0.05) is 12.6 Å². The molecule has 4 heteroatoms. The number of aromatic hydroxyl groups is 1. The summed E-state index contributed by atoms with van der Waals surface area (Å²) in [6.07, 6.45) is 0.487. The summed E-state index contributed by atoms with van der Waals surface area (Å²) in [7, 11) is 0. The van der Waals surface area contributed by atoms with Gasteiger partial charge in [-0.25, -0.2) is 0 Å². The number of hydrogen-bond donors (Lipinski definition) is 3. The first-order chi connectivity index (χ1) is 6.99. The zero-order valence-electron chi connectivity index (χ0n) is 8.92. The fraction of sp³-hybridized carbons (Fsp3) is 0.455. The Hall–Kier alpha value is -0.770. The third-order valence-corrected chi connectivity index (χ3v) is 3.02. The second kappa shape index (κ2) is 4.84. The standard InChI is InChI=1S/C11H16ClNO2/c1-6-5-8(9(13)3-4-14)7(2)10(12)11(6)15/h5,9,14-15H,3-4,13H2,1-2H3. The van der Waals surface area contributed by atoms with Crippen molar-refractivity contribution in [3.63, 3.8) is 0 Å². The van der Waals surface area contributed by atoms with Crippen LogP contribution in [-0.2, 0) is 0 Å². The van der Waals surface area contributed by atoms with Gasteiger partial charge in [0.15, 0.2) is 0 Å². The lowest BCUT2D eigenvalue weighted by Crippen LogP contribution is -2.13. The molecule has 1 rings (SSSR count). The van der Waals surface area contributed by atoms with Crippen LogP contribution in [0.15, 0.2) is 6.07 Å². The van der Waals surface area contributed by atoms with Crippen LogP contribution in [0.1, 0.15) is 29.2 Å². The largest absolute Gasteiger partial charge is 0.506 e. The summed E-state index contributed by atoms with van der Waals surface area (Å²) in [5, 5.41) is 18.8. The van der Waals surface area contributed by atoms with Crippen LogP contribution in [0.2, 0.25) is 5.02 Å². The Bertz CT molecular complexity index is 366. The van der Waals surface area contributed by atoms with Gasteiger partial charge in [0.25, 0.3) is 0 Å². The summed E-state index contributed by atoms with van der Waals surface area (Å²) in [5.74, 6) is 0.106. The molecular weight excluding hydrogens is 214 g/mol. The van der Waals surface area contributed by atoms with Crippen molar-refractivity contribution in [1.82, 2.24) is 0 Å². The van der Waals surface area contributed by atoms with Gasteiger partial charge in [-0.1, -0.05) is 17.7 Å². The lowest BCUT2D eigenvalue weighted by molar-refractivity contribution is 0.276. The van der Waals surface area contributed by atoms with Crippen LogP contribution in [0.3, 0.4) is 0 Å². The number of aryl methyl sites for hydroxylation is 1. The van der Waals surface area contributed by atoms with Crippen molar-refractivity contribution < 1.29 is 10.2 Å². The van der Waals surface area contributed by atoms with Crippen molar-refractivity contribution in [3.8, 4) is 5.75 Å².